The second-order valence-electron chi connectivity index (χ2n) is 3.52. The van der Waals surface area contributed by atoms with Gasteiger partial charge in [-0.2, -0.15) is 0 Å². The van der Waals surface area contributed by atoms with E-state index in [9.17, 15) is 0 Å². The molecule has 1 saturated heterocycles. The highest BCUT2D eigenvalue weighted by atomic mass is 32.1. The quantitative estimate of drug-likeness (QED) is 0.764. The fourth-order valence-corrected chi connectivity index (χ4v) is 2.34. The van der Waals surface area contributed by atoms with Gasteiger partial charge in [-0.25, -0.2) is 4.98 Å². The van der Waals surface area contributed by atoms with Gasteiger partial charge in [-0.3, -0.25) is 4.90 Å². The molecule has 72 valence electrons. The van der Waals surface area contributed by atoms with Crippen LogP contribution in [0.3, 0.4) is 0 Å². The van der Waals surface area contributed by atoms with Crippen LogP contribution in [0, 0.1) is 0 Å². The smallest absolute Gasteiger partial charge is 0.107 e. The monoisotopic (exact) mass is 197 g/mol. The largest absolute Gasteiger partial charge is 0.312 e. The molecule has 0 bridgehead atoms. The summed E-state index contributed by atoms with van der Waals surface area (Å²) in [6.07, 6.45) is 1.88. The van der Waals surface area contributed by atoms with Crippen LogP contribution in [0.1, 0.15) is 11.9 Å². The third kappa shape index (κ3) is 2.49. The van der Waals surface area contributed by atoms with E-state index in [1.807, 2.05) is 11.6 Å². The third-order valence-electron chi connectivity index (χ3n) is 2.30. The zero-order chi connectivity index (χ0) is 9.10. The Morgan fingerprint density at radius 3 is 3.38 bits per heavy atom. The van der Waals surface area contributed by atoms with E-state index in [4.69, 9.17) is 0 Å². The molecule has 1 aromatic rings. The normalized spacial score (nSPS) is 24.8. The first-order chi connectivity index (χ1) is 6.34. The van der Waals surface area contributed by atoms with Crippen LogP contribution in [0.15, 0.2) is 11.6 Å². The van der Waals surface area contributed by atoms with E-state index in [0.717, 1.165) is 26.2 Å². The topological polar surface area (TPSA) is 28.2 Å². The van der Waals surface area contributed by atoms with Gasteiger partial charge in [0.1, 0.15) is 5.01 Å². The van der Waals surface area contributed by atoms with Crippen LogP contribution >= 0.6 is 11.3 Å². The Hall–Kier alpha value is -0.450. The van der Waals surface area contributed by atoms with Gasteiger partial charge in [-0.15, -0.1) is 11.3 Å². The third-order valence-corrected chi connectivity index (χ3v) is 3.06. The fraction of sp³-hybridized carbons (Fsp3) is 0.667. The summed E-state index contributed by atoms with van der Waals surface area (Å²) in [6, 6.07) is 0.619. The molecule has 4 heteroatoms. The Balaban J connectivity index is 1.87. The predicted molar refractivity (Wildman–Crippen MR) is 54.9 cm³/mol. The first-order valence-corrected chi connectivity index (χ1v) is 5.56. The number of hydrogen-bond acceptors (Lipinski definition) is 4. The van der Waals surface area contributed by atoms with Crippen molar-refractivity contribution in [2.75, 3.05) is 19.6 Å². The van der Waals surface area contributed by atoms with Crippen molar-refractivity contribution in [2.24, 2.45) is 0 Å². The molecule has 0 amide bonds. The van der Waals surface area contributed by atoms with Crippen LogP contribution in [0.4, 0.5) is 0 Å². The molecule has 3 nitrogen and oxygen atoms in total. The zero-order valence-corrected chi connectivity index (χ0v) is 8.68. The first kappa shape index (κ1) is 9.12. The van der Waals surface area contributed by atoms with E-state index in [0.29, 0.717) is 6.04 Å². The van der Waals surface area contributed by atoms with Crippen LogP contribution < -0.4 is 5.32 Å². The molecular weight excluding hydrogens is 182 g/mol. The van der Waals surface area contributed by atoms with Crippen molar-refractivity contribution in [1.82, 2.24) is 15.2 Å². The summed E-state index contributed by atoms with van der Waals surface area (Å²) < 4.78 is 0. The van der Waals surface area contributed by atoms with Crippen molar-refractivity contribution in [3.8, 4) is 0 Å². The lowest BCUT2D eigenvalue weighted by Crippen LogP contribution is -2.48. The Kier molecular flexibility index (Phi) is 2.93. The Bertz CT molecular complexity index is 247. The highest BCUT2D eigenvalue weighted by molar-refractivity contribution is 7.09. The number of nitrogens with one attached hydrogen (secondary N) is 1. The van der Waals surface area contributed by atoms with Crippen molar-refractivity contribution in [3.63, 3.8) is 0 Å². The molecule has 1 aromatic heterocycles. The number of hydrogen-bond donors (Lipinski definition) is 1. The predicted octanol–water partition coefficient (Wildman–Crippen LogP) is 0.937. The molecule has 0 unspecified atom stereocenters. The van der Waals surface area contributed by atoms with Gasteiger partial charge >= 0.3 is 0 Å². The van der Waals surface area contributed by atoms with Crippen molar-refractivity contribution < 1.29 is 0 Å². The average Bonchev–Trinajstić information content (AvgIpc) is 2.57. The lowest BCUT2D eigenvalue weighted by atomic mass is 10.2. The highest BCUT2D eigenvalue weighted by Gasteiger charge is 2.15. The maximum absolute atomic E-state index is 4.29. The number of thiazole rings is 1. The number of aromatic nitrogens is 1. The molecular formula is C9H15N3S. The molecule has 0 aliphatic carbocycles. The SMILES string of the molecule is C[C@H]1CN(Cc2nccs2)CCN1. The molecule has 0 spiro atoms. The van der Waals surface area contributed by atoms with E-state index in [-0.39, 0.29) is 0 Å². The molecule has 13 heavy (non-hydrogen) atoms. The van der Waals surface area contributed by atoms with Crippen molar-refractivity contribution in [1.29, 1.82) is 0 Å². The Labute approximate surface area is 82.8 Å². The minimum atomic E-state index is 0.619. The van der Waals surface area contributed by atoms with Crippen molar-refractivity contribution in [3.05, 3.63) is 16.6 Å². The number of nitrogens with zero attached hydrogens (tertiary/aromatic N) is 2. The van der Waals surface area contributed by atoms with Gasteiger partial charge in [-0.05, 0) is 6.92 Å². The second kappa shape index (κ2) is 4.17. The summed E-state index contributed by atoms with van der Waals surface area (Å²) in [5.74, 6) is 0. The molecule has 1 atom stereocenters. The van der Waals surface area contributed by atoms with Crippen LogP contribution in [-0.4, -0.2) is 35.6 Å². The van der Waals surface area contributed by atoms with E-state index in [1.54, 1.807) is 11.3 Å². The molecule has 1 aliphatic rings. The van der Waals surface area contributed by atoms with E-state index < -0.39 is 0 Å². The van der Waals surface area contributed by atoms with Gasteiger partial charge in [0.25, 0.3) is 0 Å². The van der Waals surface area contributed by atoms with Crippen LogP contribution in [-0.2, 0) is 6.54 Å². The second-order valence-corrected chi connectivity index (χ2v) is 4.50. The molecule has 1 aliphatic heterocycles. The summed E-state index contributed by atoms with van der Waals surface area (Å²) >= 11 is 1.74. The summed E-state index contributed by atoms with van der Waals surface area (Å²) in [4.78, 5) is 6.75. The fourth-order valence-electron chi connectivity index (χ4n) is 1.68. The van der Waals surface area contributed by atoms with Gasteiger partial charge in [-0.1, -0.05) is 0 Å². The minimum Gasteiger partial charge on any atom is -0.312 e. The average molecular weight is 197 g/mol. The lowest BCUT2D eigenvalue weighted by molar-refractivity contribution is 0.199. The van der Waals surface area contributed by atoms with Gasteiger partial charge in [0, 0.05) is 37.3 Å². The highest BCUT2D eigenvalue weighted by Crippen LogP contribution is 2.09. The van der Waals surface area contributed by atoms with Gasteiger partial charge in [0.15, 0.2) is 0 Å². The van der Waals surface area contributed by atoms with Crippen molar-refractivity contribution >= 4 is 11.3 Å². The molecule has 2 rings (SSSR count). The maximum atomic E-state index is 4.29. The number of rotatable bonds is 2. The summed E-state index contributed by atoms with van der Waals surface area (Å²) in [7, 11) is 0. The Morgan fingerprint density at radius 1 is 1.77 bits per heavy atom. The molecule has 0 saturated carbocycles. The van der Waals surface area contributed by atoms with E-state index >= 15 is 0 Å². The van der Waals surface area contributed by atoms with E-state index in [2.05, 4.69) is 22.1 Å². The minimum absolute atomic E-state index is 0.619. The first-order valence-electron chi connectivity index (χ1n) is 4.69. The van der Waals surface area contributed by atoms with Crippen LogP contribution in [0.25, 0.3) is 0 Å². The van der Waals surface area contributed by atoms with E-state index in [1.165, 1.54) is 5.01 Å². The summed E-state index contributed by atoms with van der Waals surface area (Å²) in [6.45, 7) is 6.63. The summed E-state index contributed by atoms with van der Waals surface area (Å²) in [5, 5.41) is 6.71. The van der Waals surface area contributed by atoms with Crippen molar-refractivity contribution in [2.45, 2.75) is 19.5 Å². The van der Waals surface area contributed by atoms with Crippen LogP contribution in [0.2, 0.25) is 0 Å². The molecule has 1 N–H and O–H groups in total. The lowest BCUT2D eigenvalue weighted by Gasteiger charge is -2.30. The Morgan fingerprint density at radius 2 is 2.69 bits per heavy atom. The standard InChI is InChI=1S/C9H15N3S/c1-8-6-12(4-2-10-8)7-9-11-3-5-13-9/h3,5,8,10H,2,4,6-7H2,1H3/t8-/m0/s1. The molecule has 1 fully saturated rings. The molecule has 2 heterocycles. The molecule has 0 aromatic carbocycles. The zero-order valence-electron chi connectivity index (χ0n) is 7.86. The maximum Gasteiger partial charge on any atom is 0.107 e. The van der Waals surface area contributed by atoms with Crippen LogP contribution in [0.5, 0.6) is 0 Å². The van der Waals surface area contributed by atoms with Gasteiger partial charge in [0.05, 0.1) is 6.54 Å². The van der Waals surface area contributed by atoms with Gasteiger partial charge < -0.3 is 5.32 Å². The van der Waals surface area contributed by atoms with Gasteiger partial charge in [0.2, 0.25) is 0 Å². The summed E-state index contributed by atoms with van der Waals surface area (Å²) in [5.41, 5.74) is 0. The molecule has 0 radical (unpaired) electrons. The number of piperazine rings is 1.